The second kappa shape index (κ2) is 5.73. The van der Waals surface area contributed by atoms with Gasteiger partial charge in [-0.15, -0.1) is 11.3 Å². The Morgan fingerprint density at radius 1 is 1.39 bits per heavy atom. The predicted molar refractivity (Wildman–Crippen MR) is 77.1 cm³/mol. The molecule has 0 aliphatic heterocycles. The Kier molecular flexibility index (Phi) is 4.04. The van der Waals surface area contributed by atoms with Crippen LogP contribution in [0.5, 0.6) is 0 Å². The smallest absolute Gasteiger partial charge is 0.250 e. The fraction of sp³-hybridized carbons (Fsp3) is 0.308. The van der Waals surface area contributed by atoms with Crippen LogP contribution in [0.3, 0.4) is 0 Å². The molecule has 0 atom stereocenters. The summed E-state index contributed by atoms with van der Waals surface area (Å²) >= 11 is 1.63. The fourth-order valence-corrected chi connectivity index (χ4v) is 2.47. The van der Waals surface area contributed by atoms with E-state index in [2.05, 4.69) is 12.2 Å². The van der Waals surface area contributed by atoms with Crippen LogP contribution >= 0.6 is 11.3 Å². The minimum Gasteiger partial charge on any atom is -0.398 e. The van der Waals surface area contributed by atoms with Gasteiger partial charge in [-0.05, 0) is 23.9 Å². The lowest BCUT2D eigenvalue weighted by Crippen LogP contribution is -2.18. The van der Waals surface area contributed by atoms with Crippen molar-refractivity contribution in [1.82, 2.24) is 4.57 Å². The van der Waals surface area contributed by atoms with E-state index in [4.69, 9.17) is 5.73 Å². The van der Waals surface area contributed by atoms with Crippen LogP contribution in [0.2, 0.25) is 0 Å². The number of hydrogen-bond donors (Lipinski definition) is 2. The number of nitrogens with two attached hydrogens (primary N) is 1. The Bertz CT molecular complexity index is 574. The van der Waals surface area contributed by atoms with Gasteiger partial charge in [0, 0.05) is 29.4 Å². The molecule has 0 bridgehead atoms. The van der Waals surface area contributed by atoms with Crippen LogP contribution in [0.25, 0.3) is 0 Å². The van der Waals surface area contributed by atoms with Gasteiger partial charge in [-0.3, -0.25) is 4.79 Å². The second-order valence-corrected chi connectivity index (χ2v) is 5.10. The minimum atomic E-state index is 0.0398. The highest BCUT2D eigenvalue weighted by molar-refractivity contribution is 7.10. The molecule has 2 heterocycles. The zero-order valence-electron chi connectivity index (χ0n) is 10.3. The van der Waals surface area contributed by atoms with E-state index in [0.717, 1.165) is 29.2 Å². The van der Waals surface area contributed by atoms with Crippen molar-refractivity contribution < 1.29 is 0 Å². The van der Waals surface area contributed by atoms with E-state index >= 15 is 0 Å². The summed E-state index contributed by atoms with van der Waals surface area (Å²) in [7, 11) is 0. The Morgan fingerprint density at radius 3 is 2.89 bits per heavy atom. The van der Waals surface area contributed by atoms with E-state index in [1.165, 1.54) is 0 Å². The van der Waals surface area contributed by atoms with Gasteiger partial charge in [-0.1, -0.05) is 6.92 Å². The van der Waals surface area contributed by atoms with Gasteiger partial charge in [0.15, 0.2) is 0 Å². The van der Waals surface area contributed by atoms with Gasteiger partial charge < -0.3 is 15.6 Å². The zero-order valence-corrected chi connectivity index (χ0v) is 11.2. The molecule has 5 heteroatoms. The lowest BCUT2D eigenvalue weighted by Gasteiger charge is -2.09. The summed E-state index contributed by atoms with van der Waals surface area (Å²) in [4.78, 5) is 12.7. The van der Waals surface area contributed by atoms with Crippen molar-refractivity contribution in [3.63, 3.8) is 0 Å². The van der Waals surface area contributed by atoms with Crippen molar-refractivity contribution in [3.05, 3.63) is 45.0 Å². The van der Waals surface area contributed by atoms with E-state index in [1.807, 2.05) is 17.6 Å². The number of nitrogen functional groups attached to an aromatic ring is 1. The summed E-state index contributed by atoms with van der Waals surface area (Å²) in [6.45, 7) is 3.49. The maximum absolute atomic E-state index is 11.6. The van der Waals surface area contributed by atoms with E-state index < -0.39 is 0 Å². The van der Waals surface area contributed by atoms with Gasteiger partial charge in [0.2, 0.25) is 0 Å². The highest BCUT2D eigenvalue weighted by Gasteiger charge is 2.01. The summed E-state index contributed by atoms with van der Waals surface area (Å²) in [5, 5.41) is 5.26. The lowest BCUT2D eigenvalue weighted by atomic mass is 10.3. The number of anilines is 2. The number of aromatic nitrogens is 1. The first-order chi connectivity index (χ1) is 8.70. The Labute approximate surface area is 110 Å². The molecule has 0 radical (unpaired) electrons. The summed E-state index contributed by atoms with van der Waals surface area (Å²) < 4.78 is 1.72. The van der Waals surface area contributed by atoms with Crippen molar-refractivity contribution in [2.45, 2.75) is 26.4 Å². The van der Waals surface area contributed by atoms with Crippen molar-refractivity contribution in [1.29, 1.82) is 0 Å². The molecule has 18 heavy (non-hydrogen) atoms. The third-order valence-electron chi connectivity index (χ3n) is 2.68. The molecule has 0 aliphatic carbocycles. The van der Waals surface area contributed by atoms with Crippen LogP contribution in [0.15, 0.2) is 34.6 Å². The molecule has 2 aromatic rings. The van der Waals surface area contributed by atoms with Gasteiger partial charge in [-0.2, -0.15) is 0 Å². The largest absolute Gasteiger partial charge is 0.398 e. The summed E-state index contributed by atoms with van der Waals surface area (Å²) in [5.74, 6) is 0. The zero-order chi connectivity index (χ0) is 13.0. The molecule has 0 aliphatic rings. The predicted octanol–water partition coefficient (Wildman–Crippen LogP) is 2.51. The fourth-order valence-electron chi connectivity index (χ4n) is 1.73. The summed E-state index contributed by atoms with van der Waals surface area (Å²) in [6, 6.07) is 5.30. The molecule has 96 valence electrons. The molecular weight excluding hydrogens is 246 g/mol. The highest BCUT2D eigenvalue weighted by atomic mass is 32.1. The number of hydrogen-bond acceptors (Lipinski definition) is 4. The average Bonchev–Trinajstić information content (AvgIpc) is 2.76. The molecule has 0 saturated carbocycles. The normalized spacial score (nSPS) is 10.5. The highest BCUT2D eigenvalue weighted by Crippen LogP contribution is 2.19. The van der Waals surface area contributed by atoms with Crippen LogP contribution in [-0.2, 0) is 13.1 Å². The van der Waals surface area contributed by atoms with Crippen molar-refractivity contribution >= 4 is 22.7 Å². The number of nitrogens with one attached hydrogen (secondary N) is 1. The third-order valence-corrected chi connectivity index (χ3v) is 3.62. The number of thiophene rings is 1. The minimum absolute atomic E-state index is 0.0398. The molecular formula is C13H17N3OS. The molecule has 4 nitrogen and oxygen atoms in total. The van der Waals surface area contributed by atoms with Crippen molar-refractivity contribution in [3.8, 4) is 0 Å². The van der Waals surface area contributed by atoms with Crippen LogP contribution in [0, 0.1) is 0 Å². The van der Waals surface area contributed by atoms with Gasteiger partial charge in [0.25, 0.3) is 5.56 Å². The van der Waals surface area contributed by atoms with Crippen LogP contribution in [-0.4, -0.2) is 4.57 Å². The van der Waals surface area contributed by atoms with Crippen molar-refractivity contribution in [2.75, 3.05) is 11.1 Å². The number of pyridine rings is 1. The standard InChI is InChI=1S/C13H17N3OS/c1-2-6-16-9-10(3-4-13(16)17)15-8-12-11(14)5-7-18-12/h3-5,7,9,15H,2,6,8,14H2,1H3. The molecule has 0 unspecified atom stereocenters. The molecule has 3 N–H and O–H groups in total. The van der Waals surface area contributed by atoms with Gasteiger partial charge in [0.1, 0.15) is 0 Å². The average molecular weight is 263 g/mol. The summed E-state index contributed by atoms with van der Waals surface area (Å²) in [6.07, 6.45) is 2.80. The molecule has 0 fully saturated rings. The Balaban J connectivity index is 2.08. The van der Waals surface area contributed by atoms with Crippen LogP contribution < -0.4 is 16.6 Å². The quantitative estimate of drug-likeness (QED) is 0.871. The van der Waals surface area contributed by atoms with Gasteiger partial charge >= 0.3 is 0 Å². The van der Waals surface area contributed by atoms with Gasteiger partial charge in [-0.25, -0.2) is 0 Å². The molecule has 2 rings (SSSR count). The lowest BCUT2D eigenvalue weighted by molar-refractivity contribution is 0.655. The molecule has 0 saturated heterocycles. The molecule has 0 spiro atoms. The first-order valence-electron chi connectivity index (χ1n) is 5.97. The van der Waals surface area contributed by atoms with Gasteiger partial charge in [0.05, 0.1) is 12.2 Å². The monoisotopic (exact) mass is 263 g/mol. The SMILES string of the molecule is CCCn1cc(NCc2sccc2N)ccc1=O. The molecule has 0 aromatic carbocycles. The Morgan fingerprint density at radius 2 is 2.22 bits per heavy atom. The van der Waals surface area contributed by atoms with E-state index in [1.54, 1.807) is 28.0 Å². The first-order valence-corrected chi connectivity index (χ1v) is 6.85. The molecule has 0 amide bonds. The first kappa shape index (κ1) is 12.7. The number of rotatable bonds is 5. The maximum Gasteiger partial charge on any atom is 0.250 e. The second-order valence-electron chi connectivity index (χ2n) is 4.10. The van der Waals surface area contributed by atoms with E-state index in [-0.39, 0.29) is 5.56 Å². The van der Waals surface area contributed by atoms with Crippen LogP contribution in [0.1, 0.15) is 18.2 Å². The summed E-state index contributed by atoms with van der Waals surface area (Å²) in [5.41, 5.74) is 7.62. The molecule has 2 aromatic heterocycles. The van der Waals surface area contributed by atoms with Crippen LogP contribution in [0.4, 0.5) is 11.4 Å². The van der Waals surface area contributed by atoms with E-state index in [0.29, 0.717) is 6.54 Å². The number of nitrogens with zero attached hydrogens (tertiary/aromatic N) is 1. The topological polar surface area (TPSA) is 60.1 Å². The van der Waals surface area contributed by atoms with Crippen molar-refractivity contribution in [2.24, 2.45) is 0 Å². The maximum atomic E-state index is 11.6. The third kappa shape index (κ3) is 2.92. The van der Waals surface area contributed by atoms with E-state index in [9.17, 15) is 4.79 Å². The Hall–Kier alpha value is -1.75. The number of aryl methyl sites for hydroxylation is 1.